The molecule has 0 bridgehead atoms. The number of aromatic nitrogens is 1. The van der Waals surface area contributed by atoms with Crippen LogP contribution in [0.3, 0.4) is 0 Å². The third-order valence-electron chi connectivity index (χ3n) is 2.71. The summed E-state index contributed by atoms with van der Waals surface area (Å²) in [5.41, 5.74) is 3.29. The minimum atomic E-state index is 0.0654. The van der Waals surface area contributed by atoms with E-state index < -0.39 is 0 Å². The van der Waals surface area contributed by atoms with Crippen molar-refractivity contribution >= 4 is 11.6 Å². The van der Waals surface area contributed by atoms with E-state index in [2.05, 4.69) is 0 Å². The number of rotatable bonds is 1. The van der Waals surface area contributed by atoms with Gasteiger partial charge in [-0.05, 0) is 30.9 Å². The lowest BCUT2D eigenvalue weighted by molar-refractivity contribution is 0.771. The van der Waals surface area contributed by atoms with Crippen molar-refractivity contribution in [1.29, 1.82) is 0 Å². The number of hydrogen-bond donors (Lipinski definition) is 0. The molecule has 0 saturated heterocycles. The van der Waals surface area contributed by atoms with Gasteiger partial charge in [0.15, 0.2) is 0 Å². The van der Waals surface area contributed by atoms with Gasteiger partial charge in [0, 0.05) is 18.3 Å². The molecule has 0 unspecified atom stereocenters. The third kappa shape index (κ3) is 1.29. The molecule has 1 aliphatic carbocycles. The Balaban J connectivity index is 2.68. The maximum Gasteiger partial charge on any atom is 0.254 e. The van der Waals surface area contributed by atoms with Crippen molar-refractivity contribution in [2.75, 3.05) is 0 Å². The molecule has 1 heterocycles. The van der Waals surface area contributed by atoms with E-state index in [-0.39, 0.29) is 5.56 Å². The van der Waals surface area contributed by atoms with E-state index in [4.69, 9.17) is 11.6 Å². The Labute approximate surface area is 82.1 Å². The molecule has 0 radical (unpaired) electrons. The summed E-state index contributed by atoms with van der Waals surface area (Å²) in [6.45, 7) is 0. The Morgan fingerprint density at radius 2 is 2.31 bits per heavy atom. The Bertz CT molecular complexity index is 395. The SMILES string of the molecule is Cn1c2c(cc(CCl)c1=O)CCC2. The van der Waals surface area contributed by atoms with Crippen LogP contribution in [0, 0.1) is 0 Å². The summed E-state index contributed by atoms with van der Waals surface area (Å²) in [4.78, 5) is 11.6. The molecule has 0 amide bonds. The Morgan fingerprint density at radius 3 is 3.00 bits per heavy atom. The molecule has 2 nitrogen and oxygen atoms in total. The van der Waals surface area contributed by atoms with E-state index in [9.17, 15) is 4.79 Å². The predicted molar refractivity (Wildman–Crippen MR) is 53.3 cm³/mol. The average molecular weight is 198 g/mol. The van der Waals surface area contributed by atoms with Gasteiger partial charge in [0.1, 0.15) is 0 Å². The Kier molecular flexibility index (Phi) is 2.16. The summed E-state index contributed by atoms with van der Waals surface area (Å²) in [5.74, 6) is 0.319. The summed E-state index contributed by atoms with van der Waals surface area (Å²) >= 11 is 5.69. The number of hydrogen-bond acceptors (Lipinski definition) is 1. The molecule has 2 rings (SSSR count). The van der Waals surface area contributed by atoms with Crippen LogP contribution in [0.2, 0.25) is 0 Å². The van der Waals surface area contributed by atoms with Crippen LogP contribution in [0.25, 0.3) is 0 Å². The zero-order valence-corrected chi connectivity index (χ0v) is 8.40. The first kappa shape index (κ1) is 8.82. The van der Waals surface area contributed by atoms with Gasteiger partial charge in [-0.3, -0.25) is 4.79 Å². The van der Waals surface area contributed by atoms with E-state index in [0.717, 1.165) is 24.8 Å². The van der Waals surface area contributed by atoms with Crippen molar-refractivity contribution in [2.24, 2.45) is 7.05 Å². The van der Waals surface area contributed by atoms with Crippen molar-refractivity contribution in [2.45, 2.75) is 25.1 Å². The van der Waals surface area contributed by atoms with Crippen LogP contribution in [-0.2, 0) is 25.8 Å². The van der Waals surface area contributed by atoms with Crippen LogP contribution in [0.5, 0.6) is 0 Å². The zero-order valence-electron chi connectivity index (χ0n) is 7.64. The lowest BCUT2D eigenvalue weighted by atomic mass is 10.1. The van der Waals surface area contributed by atoms with Gasteiger partial charge in [0.25, 0.3) is 5.56 Å². The quantitative estimate of drug-likeness (QED) is 0.627. The first-order chi connectivity index (χ1) is 6.24. The van der Waals surface area contributed by atoms with Gasteiger partial charge in [0.2, 0.25) is 0 Å². The summed E-state index contributed by atoms with van der Waals surface area (Å²) in [5, 5.41) is 0. The summed E-state index contributed by atoms with van der Waals surface area (Å²) in [6, 6.07) is 1.97. The van der Waals surface area contributed by atoms with Gasteiger partial charge in [0.05, 0.1) is 5.88 Å². The lowest BCUT2D eigenvalue weighted by Crippen LogP contribution is -2.23. The van der Waals surface area contributed by atoms with Crippen LogP contribution in [0.4, 0.5) is 0 Å². The molecule has 1 aromatic rings. The van der Waals surface area contributed by atoms with Crippen LogP contribution >= 0.6 is 11.6 Å². The van der Waals surface area contributed by atoms with Gasteiger partial charge in [-0.1, -0.05) is 0 Å². The highest BCUT2D eigenvalue weighted by atomic mass is 35.5. The number of pyridine rings is 1. The Hall–Kier alpha value is -0.760. The molecule has 1 aromatic heterocycles. The number of fused-ring (bicyclic) bond motifs is 1. The van der Waals surface area contributed by atoms with E-state index in [1.54, 1.807) is 4.57 Å². The van der Waals surface area contributed by atoms with E-state index >= 15 is 0 Å². The maximum absolute atomic E-state index is 11.6. The fourth-order valence-corrected chi connectivity index (χ4v) is 2.19. The number of halogens is 1. The second-order valence-corrected chi connectivity index (χ2v) is 3.76. The highest BCUT2D eigenvalue weighted by Crippen LogP contribution is 2.20. The molecule has 1 aliphatic rings. The van der Waals surface area contributed by atoms with E-state index in [0.29, 0.717) is 5.88 Å². The summed E-state index contributed by atoms with van der Waals surface area (Å²) in [7, 11) is 1.84. The molecule has 0 atom stereocenters. The molecular formula is C10H12ClNO. The van der Waals surface area contributed by atoms with Gasteiger partial charge >= 0.3 is 0 Å². The first-order valence-electron chi connectivity index (χ1n) is 4.50. The molecule has 0 fully saturated rings. The minimum absolute atomic E-state index is 0.0654. The highest BCUT2D eigenvalue weighted by molar-refractivity contribution is 6.17. The molecular weight excluding hydrogens is 186 g/mol. The van der Waals surface area contributed by atoms with Crippen molar-refractivity contribution in [3.05, 3.63) is 33.2 Å². The first-order valence-corrected chi connectivity index (χ1v) is 5.04. The molecule has 0 spiro atoms. The van der Waals surface area contributed by atoms with Crippen molar-refractivity contribution < 1.29 is 0 Å². The van der Waals surface area contributed by atoms with Crippen LogP contribution in [-0.4, -0.2) is 4.57 Å². The van der Waals surface area contributed by atoms with E-state index in [1.807, 2.05) is 13.1 Å². The molecule has 13 heavy (non-hydrogen) atoms. The second-order valence-electron chi connectivity index (χ2n) is 3.49. The number of aryl methyl sites for hydroxylation is 1. The van der Waals surface area contributed by atoms with Crippen LogP contribution in [0.15, 0.2) is 10.9 Å². The fourth-order valence-electron chi connectivity index (χ4n) is 2.00. The summed E-state index contributed by atoms with van der Waals surface area (Å²) < 4.78 is 1.75. The molecule has 0 saturated carbocycles. The Morgan fingerprint density at radius 1 is 1.54 bits per heavy atom. The smallest absolute Gasteiger partial charge is 0.254 e. The normalized spacial score (nSPS) is 14.6. The molecule has 0 N–H and O–H groups in total. The molecule has 0 aromatic carbocycles. The van der Waals surface area contributed by atoms with Crippen LogP contribution in [0.1, 0.15) is 23.2 Å². The van der Waals surface area contributed by atoms with Crippen LogP contribution < -0.4 is 5.56 Å². The van der Waals surface area contributed by atoms with Crippen molar-refractivity contribution in [3.8, 4) is 0 Å². The molecule has 70 valence electrons. The highest BCUT2D eigenvalue weighted by Gasteiger charge is 2.16. The van der Waals surface area contributed by atoms with Gasteiger partial charge < -0.3 is 4.57 Å². The lowest BCUT2D eigenvalue weighted by Gasteiger charge is -2.08. The number of alkyl halides is 1. The standard InChI is InChI=1S/C10H12ClNO/c1-12-9-4-2-3-7(9)5-8(6-11)10(12)13/h5H,2-4,6H2,1H3. The van der Waals surface area contributed by atoms with E-state index in [1.165, 1.54) is 11.3 Å². The summed E-state index contributed by atoms with van der Waals surface area (Å²) in [6.07, 6.45) is 3.28. The molecule has 0 aliphatic heterocycles. The maximum atomic E-state index is 11.6. The predicted octanol–water partition coefficient (Wildman–Crippen LogP) is 1.61. The van der Waals surface area contributed by atoms with Crippen molar-refractivity contribution in [1.82, 2.24) is 4.57 Å². The topological polar surface area (TPSA) is 22.0 Å². The van der Waals surface area contributed by atoms with Gasteiger partial charge in [-0.2, -0.15) is 0 Å². The largest absolute Gasteiger partial charge is 0.315 e. The van der Waals surface area contributed by atoms with Gasteiger partial charge in [-0.25, -0.2) is 0 Å². The third-order valence-corrected chi connectivity index (χ3v) is 2.99. The average Bonchev–Trinajstić information content (AvgIpc) is 2.59. The van der Waals surface area contributed by atoms with Gasteiger partial charge in [-0.15, -0.1) is 11.6 Å². The van der Waals surface area contributed by atoms with Crippen molar-refractivity contribution in [3.63, 3.8) is 0 Å². The monoisotopic (exact) mass is 197 g/mol. The number of nitrogens with zero attached hydrogens (tertiary/aromatic N) is 1. The minimum Gasteiger partial charge on any atom is -0.315 e. The molecule has 3 heteroatoms. The fraction of sp³-hybridized carbons (Fsp3) is 0.500. The zero-order chi connectivity index (χ0) is 9.42. The second kappa shape index (κ2) is 3.18.